The fourth-order valence-corrected chi connectivity index (χ4v) is 6.91. The van der Waals surface area contributed by atoms with E-state index in [0.717, 1.165) is 32.2 Å². The Hall–Kier alpha value is -4.32. The zero-order chi connectivity index (χ0) is 32.0. The van der Waals surface area contributed by atoms with E-state index in [4.69, 9.17) is 14.2 Å². The van der Waals surface area contributed by atoms with Gasteiger partial charge < -0.3 is 19.5 Å². The van der Waals surface area contributed by atoms with Crippen molar-refractivity contribution in [2.75, 3.05) is 24.3 Å². The van der Waals surface area contributed by atoms with Crippen molar-refractivity contribution in [3.63, 3.8) is 0 Å². The molecule has 0 radical (unpaired) electrons. The topological polar surface area (TPSA) is 99.6 Å². The van der Waals surface area contributed by atoms with E-state index in [9.17, 15) is 12.8 Å². The molecule has 1 unspecified atom stereocenters. The minimum absolute atomic E-state index is 0.0879. The van der Waals surface area contributed by atoms with Crippen LogP contribution in [0.5, 0.6) is 5.75 Å². The first-order valence-electron chi connectivity index (χ1n) is 14.7. The number of aromatic nitrogens is 2. The van der Waals surface area contributed by atoms with E-state index in [0.29, 0.717) is 35.9 Å². The molecular weight excluding hydrogens is 673 g/mol. The molecule has 0 amide bonds. The van der Waals surface area contributed by atoms with Gasteiger partial charge >= 0.3 is 0 Å². The lowest BCUT2D eigenvalue weighted by Gasteiger charge is -2.29. The Kier molecular flexibility index (Phi) is 9.62. The van der Waals surface area contributed by atoms with Gasteiger partial charge in [0.15, 0.2) is 9.84 Å². The monoisotopic (exact) mass is 703 g/mol. The van der Waals surface area contributed by atoms with Crippen molar-refractivity contribution in [2.24, 2.45) is 0 Å². The zero-order valence-electron chi connectivity index (χ0n) is 24.7. The third-order valence-electron chi connectivity index (χ3n) is 7.73. The van der Waals surface area contributed by atoms with Gasteiger partial charge in [0.2, 0.25) is 0 Å². The van der Waals surface area contributed by atoms with Crippen LogP contribution in [0.4, 0.5) is 15.9 Å². The van der Waals surface area contributed by atoms with Gasteiger partial charge in [-0.1, -0.05) is 36.4 Å². The molecular formula is C35H31BrFN3O5S. The molecule has 8 nitrogen and oxygen atoms in total. The summed E-state index contributed by atoms with van der Waals surface area (Å²) in [7, 11) is -3.42. The van der Waals surface area contributed by atoms with Gasteiger partial charge in [0.25, 0.3) is 0 Å². The number of anilines is 2. The van der Waals surface area contributed by atoms with Crippen LogP contribution in [0, 0.1) is 5.82 Å². The molecule has 0 saturated carbocycles. The Morgan fingerprint density at radius 3 is 2.61 bits per heavy atom. The van der Waals surface area contributed by atoms with Crippen LogP contribution >= 0.6 is 15.9 Å². The third kappa shape index (κ3) is 7.38. The molecule has 0 aliphatic carbocycles. The number of nitrogens with zero attached hydrogens (tertiary/aromatic N) is 2. The SMILES string of the molecule is O=S(=O)(CCOCCC1(c2ccc3ncnc(Nc4ccc(OCc5cccc(F)c5)c(Br)c4)c3c2)CC=CO1)c1ccccc1. The van der Waals surface area contributed by atoms with Gasteiger partial charge in [0, 0.05) is 23.9 Å². The van der Waals surface area contributed by atoms with Crippen LogP contribution in [0.2, 0.25) is 0 Å². The number of hydrogen-bond acceptors (Lipinski definition) is 8. The van der Waals surface area contributed by atoms with Gasteiger partial charge in [-0.15, -0.1) is 0 Å². The quantitative estimate of drug-likeness (QED) is 0.124. The van der Waals surface area contributed by atoms with E-state index < -0.39 is 15.4 Å². The molecule has 0 saturated heterocycles. The Balaban J connectivity index is 1.13. The second-order valence-electron chi connectivity index (χ2n) is 10.8. The predicted octanol–water partition coefficient (Wildman–Crippen LogP) is 7.86. The van der Waals surface area contributed by atoms with Crippen molar-refractivity contribution < 1.29 is 27.0 Å². The molecule has 236 valence electrons. The molecule has 1 N–H and O–H groups in total. The minimum atomic E-state index is -3.42. The number of sulfone groups is 1. The Labute approximate surface area is 275 Å². The van der Waals surface area contributed by atoms with Crippen LogP contribution in [0.25, 0.3) is 10.9 Å². The fourth-order valence-electron chi connectivity index (χ4n) is 5.27. The standard InChI is InChI=1S/C35H31BrFN3O5S/c36-31-22-28(11-13-33(31)44-23-25-6-4-7-27(37)20-25)40-34-30-21-26(10-12-32(30)38-24-39-34)35(14-5-16-45-35)15-17-43-18-19-46(41,42)29-8-2-1-3-9-29/h1-13,16,20-22,24H,14-15,17-19,23H2,(H,38,39,40). The molecule has 46 heavy (non-hydrogen) atoms. The molecule has 1 aliphatic rings. The second kappa shape index (κ2) is 14.0. The number of hydrogen-bond donors (Lipinski definition) is 1. The van der Waals surface area contributed by atoms with Crippen LogP contribution in [-0.2, 0) is 31.5 Å². The van der Waals surface area contributed by atoms with Crippen molar-refractivity contribution in [1.29, 1.82) is 0 Å². The van der Waals surface area contributed by atoms with Crippen LogP contribution in [-0.4, -0.2) is 37.4 Å². The summed E-state index contributed by atoms with van der Waals surface area (Å²) < 4.78 is 57.3. The maximum atomic E-state index is 13.5. The highest BCUT2D eigenvalue weighted by molar-refractivity contribution is 9.10. The van der Waals surface area contributed by atoms with E-state index in [1.54, 1.807) is 42.7 Å². The van der Waals surface area contributed by atoms with Crippen LogP contribution in [0.1, 0.15) is 24.0 Å². The molecule has 1 aliphatic heterocycles. The fraction of sp³-hybridized carbons (Fsp3) is 0.200. The normalized spacial score (nSPS) is 16.0. The summed E-state index contributed by atoms with van der Waals surface area (Å²) >= 11 is 3.58. The van der Waals surface area contributed by atoms with Crippen molar-refractivity contribution in [2.45, 2.75) is 29.9 Å². The highest BCUT2D eigenvalue weighted by atomic mass is 79.9. The molecule has 5 aromatic rings. The number of halogens is 2. The smallest absolute Gasteiger partial charge is 0.180 e. The van der Waals surface area contributed by atoms with Crippen LogP contribution in [0.3, 0.4) is 0 Å². The average Bonchev–Trinajstić information content (AvgIpc) is 3.55. The lowest BCUT2D eigenvalue weighted by molar-refractivity contribution is 0.00280. The number of ether oxygens (including phenoxy) is 3. The predicted molar refractivity (Wildman–Crippen MR) is 178 cm³/mol. The summed E-state index contributed by atoms with van der Waals surface area (Å²) in [5.41, 5.74) is 2.55. The van der Waals surface area contributed by atoms with Crippen molar-refractivity contribution >= 4 is 48.2 Å². The average molecular weight is 705 g/mol. The highest BCUT2D eigenvalue weighted by Gasteiger charge is 2.35. The molecule has 2 heterocycles. The molecule has 0 bridgehead atoms. The number of rotatable bonds is 13. The van der Waals surface area contributed by atoms with Gasteiger partial charge in [-0.2, -0.15) is 0 Å². The Morgan fingerprint density at radius 1 is 0.957 bits per heavy atom. The van der Waals surface area contributed by atoms with Crippen molar-refractivity contribution in [3.05, 3.63) is 131 Å². The molecule has 11 heteroatoms. The number of nitrogens with one attached hydrogen (secondary N) is 1. The molecule has 4 aromatic carbocycles. The lowest BCUT2D eigenvalue weighted by atomic mass is 9.87. The molecule has 1 atom stereocenters. The maximum Gasteiger partial charge on any atom is 0.180 e. The van der Waals surface area contributed by atoms with Crippen LogP contribution < -0.4 is 10.1 Å². The van der Waals surface area contributed by atoms with Crippen molar-refractivity contribution in [1.82, 2.24) is 9.97 Å². The highest BCUT2D eigenvalue weighted by Crippen LogP contribution is 2.40. The van der Waals surface area contributed by atoms with E-state index in [1.165, 1.54) is 18.5 Å². The summed E-state index contributed by atoms with van der Waals surface area (Å²) in [6.45, 7) is 0.644. The Morgan fingerprint density at radius 2 is 1.83 bits per heavy atom. The summed E-state index contributed by atoms with van der Waals surface area (Å²) in [6.07, 6.45) is 6.35. The number of benzene rings is 4. The molecule has 0 spiro atoms. The van der Waals surface area contributed by atoms with Gasteiger partial charge in [0.05, 0.1) is 40.1 Å². The Bertz CT molecular complexity index is 1970. The van der Waals surface area contributed by atoms with E-state index in [1.807, 2.05) is 48.5 Å². The summed E-state index contributed by atoms with van der Waals surface area (Å²) in [6, 6.07) is 26.3. The minimum Gasteiger partial charge on any atom is -0.490 e. The van der Waals surface area contributed by atoms with Crippen molar-refractivity contribution in [3.8, 4) is 5.75 Å². The van der Waals surface area contributed by atoms with Gasteiger partial charge in [-0.25, -0.2) is 22.8 Å². The van der Waals surface area contributed by atoms with E-state index >= 15 is 0 Å². The second-order valence-corrected chi connectivity index (χ2v) is 13.8. The van der Waals surface area contributed by atoms with E-state index in [2.05, 4.69) is 31.2 Å². The first kappa shape index (κ1) is 31.7. The van der Waals surface area contributed by atoms with E-state index in [-0.39, 0.29) is 24.8 Å². The van der Waals surface area contributed by atoms with Gasteiger partial charge in [-0.05, 0) is 87.7 Å². The first-order valence-corrected chi connectivity index (χ1v) is 17.1. The molecule has 1 aromatic heterocycles. The third-order valence-corrected chi connectivity index (χ3v) is 10.0. The largest absolute Gasteiger partial charge is 0.490 e. The first-order chi connectivity index (χ1) is 22.3. The molecule has 6 rings (SSSR count). The summed E-state index contributed by atoms with van der Waals surface area (Å²) in [5.74, 6) is 0.844. The van der Waals surface area contributed by atoms with Gasteiger partial charge in [0.1, 0.15) is 35.9 Å². The van der Waals surface area contributed by atoms with Gasteiger partial charge in [-0.3, -0.25) is 0 Å². The van der Waals surface area contributed by atoms with Crippen LogP contribution in [0.15, 0.2) is 119 Å². The summed E-state index contributed by atoms with van der Waals surface area (Å²) in [4.78, 5) is 9.27. The summed E-state index contributed by atoms with van der Waals surface area (Å²) in [5, 5.41) is 4.20. The maximum absolute atomic E-state index is 13.5. The number of fused-ring (bicyclic) bond motifs is 1. The zero-order valence-corrected chi connectivity index (χ0v) is 27.1. The molecule has 0 fully saturated rings. The lowest BCUT2D eigenvalue weighted by Crippen LogP contribution is -2.27.